The van der Waals surface area contributed by atoms with Crippen molar-refractivity contribution in [1.29, 1.82) is 0 Å². The largest absolute Gasteiger partial charge is 0.478 e. The van der Waals surface area contributed by atoms with Crippen LogP contribution in [0.4, 0.5) is 14.5 Å². The molecule has 2 aromatic carbocycles. The molecule has 2 N–H and O–H groups in total. The van der Waals surface area contributed by atoms with E-state index in [1.807, 2.05) is 0 Å². The lowest BCUT2D eigenvalue weighted by Crippen LogP contribution is -2.05. The van der Waals surface area contributed by atoms with Crippen molar-refractivity contribution in [3.05, 3.63) is 64.2 Å². The third-order valence-corrected chi connectivity index (χ3v) is 3.00. The van der Waals surface area contributed by atoms with Crippen molar-refractivity contribution in [1.82, 2.24) is 0 Å². The zero-order valence-electron chi connectivity index (χ0n) is 10.2. The minimum atomic E-state index is -1.36. The van der Waals surface area contributed by atoms with E-state index in [-0.39, 0.29) is 11.6 Å². The summed E-state index contributed by atoms with van der Waals surface area (Å²) in [4.78, 5) is 10.8. The molecule has 0 aliphatic carbocycles. The lowest BCUT2D eigenvalue weighted by Gasteiger charge is -2.09. The molecule has 0 saturated heterocycles. The number of hydrogen-bond acceptors (Lipinski definition) is 2. The van der Waals surface area contributed by atoms with E-state index in [9.17, 15) is 13.6 Å². The van der Waals surface area contributed by atoms with Gasteiger partial charge in [0.05, 0.1) is 10.6 Å². The van der Waals surface area contributed by atoms with Crippen LogP contribution < -0.4 is 5.32 Å². The first kappa shape index (κ1) is 14.3. The van der Waals surface area contributed by atoms with Crippen LogP contribution in [0.2, 0.25) is 5.02 Å². The second kappa shape index (κ2) is 5.88. The molecule has 0 bridgehead atoms. The van der Waals surface area contributed by atoms with Crippen LogP contribution in [0.25, 0.3) is 0 Å². The van der Waals surface area contributed by atoms with Crippen LogP contribution in [0.3, 0.4) is 0 Å². The van der Waals surface area contributed by atoms with Crippen LogP contribution in [-0.2, 0) is 6.54 Å². The van der Waals surface area contributed by atoms with Crippen molar-refractivity contribution in [2.45, 2.75) is 6.54 Å². The van der Waals surface area contributed by atoms with E-state index in [0.29, 0.717) is 11.3 Å². The molecule has 0 aliphatic rings. The maximum absolute atomic E-state index is 13.6. The number of nitrogens with one attached hydrogen (secondary N) is 1. The Bertz CT molecular complexity index is 662. The van der Waals surface area contributed by atoms with Crippen molar-refractivity contribution >= 4 is 23.3 Å². The second-order valence-electron chi connectivity index (χ2n) is 4.07. The van der Waals surface area contributed by atoms with Gasteiger partial charge in [-0.1, -0.05) is 23.7 Å². The number of aromatic carboxylic acids is 1. The zero-order chi connectivity index (χ0) is 14.7. The van der Waals surface area contributed by atoms with Crippen LogP contribution >= 0.6 is 11.6 Å². The third-order valence-electron chi connectivity index (χ3n) is 2.71. The maximum Gasteiger partial charge on any atom is 0.338 e. The van der Waals surface area contributed by atoms with E-state index in [4.69, 9.17) is 16.7 Å². The SMILES string of the molecule is O=C(O)c1cc(NCc2cccc(Cl)c2F)ccc1F. The monoisotopic (exact) mass is 297 g/mol. The van der Waals surface area contributed by atoms with Crippen LogP contribution in [0.1, 0.15) is 15.9 Å². The van der Waals surface area contributed by atoms with Gasteiger partial charge in [0, 0.05) is 17.8 Å². The molecule has 2 aromatic rings. The highest BCUT2D eigenvalue weighted by atomic mass is 35.5. The van der Waals surface area contributed by atoms with E-state index in [1.165, 1.54) is 12.1 Å². The van der Waals surface area contributed by atoms with Crippen molar-refractivity contribution in [2.75, 3.05) is 5.32 Å². The Labute approximate surface area is 118 Å². The molecule has 0 fully saturated rings. The van der Waals surface area contributed by atoms with Gasteiger partial charge in [0.25, 0.3) is 0 Å². The predicted octanol–water partition coefficient (Wildman–Crippen LogP) is 3.93. The summed E-state index contributed by atoms with van der Waals surface area (Å²) in [6, 6.07) is 8.16. The van der Waals surface area contributed by atoms with E-state index in [2.05, 4.69) is 5.32 Å². The van der Waals surface area contributed by atoms with Crippen molar-refractivity contribution in [3.63, 3.8) is 0 Å². The summed E-state index contributed by atoms with van der Waals surface area (Å²) in [5.74, 6) is -2.72. The summed E-state index contributed by atoms with van der Waals surface area (Å²) in [6.45, 7) is 0.108. The second-order valence-corrected chi connectivity index (χ2v) is 4.47. The number of hydrogen-bond donors (Lipinski definition) is 2. The van der Waals surface area contributed by atoms with Crippen molar-refractivity contribution < 1.29 is 18.7 Å². The van der Waals surface area contributed by atoms with Gasteiger partial charge in [0.2, 0.25) is 0 Å². The van der Waals surface area contributed by atoms with Crippen LogP contribution in [-0.4, -0.2) is 11.1 Å². The van der Waals surface area contributed by atoms with Crippen molar-refractivity contribution in [3.8, 4) is 0 Å². The number of benzene rings is 2. The van der Waals surface area contributed by atoms with Gasteiger partial charge >= 0.3 is 5.97 Å². The van der Waals surface area contributed by atoms with Crippen molar-refractivity contribution in [2.24, 2.45) is 0 Å². The van der Waals surface area contributed by atoms with E-state index >= 15 is 0 Å². The topological polar surface area (TPSA) is 49.3 Å². The molecule has 0 spiro atoms. The Morgan fingerprint density at radius 3 is 2.70 bits per heavy atom. The highest BCUT2D eigenvalue weighted by Crippen LogP contribution is 2.20. The quantitative estimate of drug-likeness (QED) is 0.899. The molecule has 104 valence electrons. The minimum Gasteiger partial charge on any atom is -0.478 e. The zero-order valence-corrected chi connectivity index (χ0v) is 10.9. The Balaban J connectivity index is 2.17. The minimum absolute atomic E-state index is 0.00892. The molecule has 0 amide bonds. The van der Waals surface area contributed by atoms with Gasteiger partial charge in [-0.05, 0) is 24.3 Å². The molecule has 0 aromatic heterocycles. The summed E-state index contributed by atoms with van der Waals surface area (Å²) in [6.07, 6.45) is 0. The van der Waals surface area contributed by atoms with Crippen LogP contribution in [0.15, 0.2) is 36.4 Å². The fraction of sp³-hybridized carbons (Fsp3) is 0.0714. The predicted molar refractivity (Wildman–Crippen MR) is 72.1 cm³/mol. The van der Waals surface area contributed by atoms with Gasteiger partial charge in [-0.2, -0.15) is 0 Å². The van der Waals surface area contributed by atoms with Gasteiger partial charge in [-0.25, -0.2) is 13.6 Å². The number of anilines is 1. The fourth-order valence-electron chi connectivity index (χ4n) is 1.68. The van der Waals surface area contributed by atoms with Gasteiger partial charge in [-0.15, -0.1) is 0 Å². The number of carboxylic acids is 1. The van der Waals surface area contributed by atoms with Crippen LogP contribution in [0.5, 0.6) is 0 Å². The number of carboxylic acid groups (broad SMARTS) is 1. The molecular formula is C14H10ClF2NO2. The van der Waals surface area contributed by atoms with Gasteiger partial charge < -0.3 is 10.4 Å². The normalized spacial score (nSPS) is 10.3. The number of rotatable bonds is 4. The first-order chi connectivity index (χ1) is 9.49. The Morgan fingerprint density at radius 1 is 1.25 bits per heavy atom. The average Bonchev–Trinajstić information content (AvgIpc) is 2.41. The molecule has 0 aliphatic heterocycles. The standard InChI is InChI=1S/C14H10ClF2NO2/c15-11-3-1-2-8(13(11)17)7-18-9-4-5-12(16)10(6-9)14(19)20/h1-6,18H,7H2,(H,19,20). The number of halogens is 3. The summed E-state index contributed by atoms with van der Waals surface area (Å²) < 4.78 is 26.9. The van der Waals surface area contributed by atoms with Crippen LogP contribution in [0, 0.1) is 11.6 Å². The third kappa shape index (κ3) is 3.05. The first-order valence-corrected chi connectivity index (χ1v) is 6.06. The Kier molecular flexibility index (Phi) is 4.20. The molecule has 0 atom stereocenters. The van der Waals surface area contributed by atoms with Gasteiger partial charge in [-0.3, -0.25) is 0 Å². The average molecular weight is 298 g/mol. The summed E-state index contributed by atoms with van der Waals surface area (Å²) >= 11 is 5.65. The molecular weight excluding hydrogens is 288 g/mol. The molecule has 0 heterocycles. The summed E-state index contributed by atoms with van der Waals surface area (Å²) in [5, 5.41) is 11.6. The van der Waals surface area contributed by atoms with Gasteiger partial charge in [0.1, 0.15) is 11.6 Å². The maximum atomic E-state index is 13.6. The Morgan fingerprint density at radius 2 is 2.00 bits per heavy atom. The van der Waals surface area contributed by atoms with E-state index < -0.39 is 23.2 Å². The summed E-state index contributed by atoms with van der Waals surface area (Å²) in [7, 11) is 0. The van der Waals surface area contributed by atoms with E-state index in [1.54, 1.807) is 12.1 Å². The molecule has 0 saturated carbocycles. The highest BCUT2D eigenvalue weighted by molar-refractivity contribution is 6.30. The molecule has 6 heteroatoms. The lowest BCUT2D eigenvalue weighted by atomic mass is 10.1. The molecule has 2 rings (SSSR count). The molecule has 3 nitrogen and oxygen atoms in total. The lowest BCUT2D eigenvalue weighted by molar-refractivity contribution is 0.0692. The fourth-order valence-corrected chi connectivity index (χ4v) is 1.88. The number of carbonyl (C=O) groups is 1. The smallest absolute Gasteiger partial charge is 0.338 e. The van der Waals surface area contributed by atoms with Gasteiger partial charge in [0.15, 0.2) is 0 Å². The molecule has 0 radical (unpaired) electrons. The molecule has 20 heavy (non-hydrogen) atoms. The molecule has 0 unspecified atom stereocenters. The first-order valence-electron chi connectivity index (χ1n) is 5.68. The highest BCUT2D eigenvalue weighted by Gasteiger charge is 2.11. The summed E-state index contributed by atoms with van der Waals surface area (Å²) in [5.41, 5.74) is 0.267. The Hall–Kier alpha value is -2.14. The van der Waals surface area contributed by atoms with E-state index in [0.717, 1.165) is 12.1 Å².